The maximum absolute atomic E-state index is 13.3. The number of aliphatic carboxylic acids is 2. The Morgan fingerprint density at radius 1 is 0.629 bits per heavy atom. The van der Waals surface area contributed by atoms with Crippen LogP contribution in [-0.2, 0) is 33.6 Å². The summed E-state index contributed by atoms with van der Waals surface area (Å²) < 4.78 is 0. The Bertz CT molecular complexity index is 1090. The fourth-order valence-electron chi connectivity index (χ4n) is 4.20. The molecule has 0 saturated carbocycles. The molecule has 6 nitrogen and oxygen atoms in total. The van der Waals surface area contributed by atoms with Crippen molar-refractivity contribution in [3.05, 3.63) is 108 Å². The molecule has 3 rings (SSSR count). The molecule has 0 heterocycles. The monoisotopic (exact) mass is 473 g/mol. The zero-order valence-corrected chi connectivity index (χ0v) is 19.5. The first kappa shape index (κ1) is 25.7. The SMILES string of the molecule is O=C(O)C(Cc1ccccc1)CC(Cc1ccccc1)C(=O)N[C@H](CCc1ccccc1)C(=O)O. The summed E-state index contributed by atoms with van der Waals surface area (Å²) in [5, 5.41) is 22.3. The molecular weight excluding hydrogens is 442 g/mol. The molecule has 0 aromatic heterocycles. The Morgan fingerprint density at radius 3 is 1.54 bits per heavy atom. The van der Waals surface area contributed by atoms with Crippen molar-refractivity contribution in [2.45, 2.75) is 38.1 Å². The first-order valence-electron chi connectivity index (χ1n) is 11.8. The zero-order chi connectivity index (χ0) is 25.0. The minimum Gasteiger partial charge on any atom is -0.481 e. The van der Waals surface area contributed by atoms with Gasteiger partial charge in [0.25, 0.3) is 0 Å². The molecule has 6 heteroatoms. The lowest BCUT2D eigenvalue weighted by Gasteiger charge is -2.23. The van der Waals surface area contributed by atoms with Crippen LogP contribution in [0, 0.1) is 11.8 Å². The van der Waals surface area contributed by atoms with Crippen molar-refractivity contribution in [1.29, 1.82) is 0 Å². The molecule has 3 aromatic carbocycles. The molecule has 0 radical (unpaired) electrons. The molecule has 1 amide bonds. The van der Waals surface area contributed by atoms with Crippen LogP contribution >= 0.6 is 0 Å². The van der Waals surface area contributed by atoms with Crippen LogP contribution in [-0.4, -0.2) is 34.1 Å². The van der Waals surface area contributed by atoms with E-state index >= 15 is 0 Å². The van der Waals surface area contributed by atoms with Gasteiger partial charge in [-0.15, -0.1) is 0 Å². The lowest BCUT2D eigenvalue weighted by molar-refractivity contribution is -0.145. The molecule has 3 aromatic rings. The molecule has 182 valence electrons. The minimum absolute atomic E-state index is 0.107. The van der Waals surface area contributed by atoms with Crippen LogP contribution < -0.4 is 5.32 Å². The quantitative estimate of drug-likeness (QED) is 0.342. The Balaban J connectivity index is 1.75. The maximum Gasteiger partial charge on any atom is 0.326 e. The summed E-state index contributed by atoms with van der Waals surface area (Å²) in [7, 11) is 0. The molecular formula is C29H31NO5. The van der Waals surface area contributed by atoms with E-state index in [0.717, 1.165) is 16.7 Å². The first-order chi connectivity index (χ1) is 16.9. The zero-order valence-electron chi connectivity index (χ0n) is 19.5. The first-order valence-corrected chi connectivity index (χ1v) is 11.8. The Labute approximate surface area is 205 Å². The van der Waals surface area contributed by atoms with Gasteiger partial charge in [-0.1, -0.05) is 91.0 Å². The Morgan fingerprint density at radius 2 is 1.09 bits per heavy atom. The third-order valence-corrected chi connectivity index (χ3v) is 6.12. The number of carbonyl (C=O) groups excluding carboxylic acids is 1. The van der Waals surface area contributed by atoms with Crippen molar-refractivity contribution in [2.75, 3.05) is 0 Å². The number of aryl methyl sites for hydroxylation is 1. The van der Waals surface area contributed by atoms with Crippen LogP contribution in [0.5, 0.6) is 0 Å². The number of benzene rings is 3. The van der Waals surface area contributed by atoms with E-state index in [1.165, 1.54) is 0 Å². The van der Waals surface area contributed by atoms with E-state index in [0.29, 0.717) is 19.3 Å². The molecule has 3 atom stereocenters. The highest BCUT2D eigenvalue weighted by Crippen LogP contribution is 2.22. The number of carbonyl (C=O) groups is 3. The second-order valence-corrected chi connectivity index (χ2v) is 8.77. The molecule has 0 spiro atoms. The molecule has 0 bridgehead atoms. The standard InChI is InChI=1S/C29H31NO5/c31-27(30-26(29(34)35)17-16-21-10-4-1-5-11-21)24(18-22-12-6-2-7-13-22)20-25(28(32)33)19-23-14-8-3-9-15-23/h1-15,24-26H,16-20H2,(H,30,31)(H,32,33)(H,34,35)/t24?,25?,26-/m1/s1. The largest absolute Gasteiger partial charge is 0.481 e. The molecule has 0 aliphatic rings. The summed E-state index contributed by atoms with van der Waals surface area (Å²) >= 11 is 0. The van der Waals surface area contributed by atoms with Gasteiger partial charge in [-0.2, -0.15) is 0 Å². The van der Waals surface area contributed by atoms with Crippen molar-refractivity contribution >= 4 is 17.8 Å². The average Bonchev–Trinajstić information content (AvgIpc) is 2.87. The fraction of sp³-hybridized carbons (Fsp3) is 0.276. The maximum atomic E-state index is 13.3. The van der Waals surface area contributed by atoms with Crippen molar-refractivity contribution in [3.63, 3.8) is 0 Å². The number of carboxylic acid groups (broad SMARTS) is 2. The van der Waals surface area contributed by atoms with Crippen LogP contribution in [0.4, 0.5) is 0 Å². The fourth-order valence-corrected chi connectivity index (χ4v) is 4.20. The number of hydrogen-bond acceptors (Lipinski definition) is 3. The molecule has 0 fully saturated rings. The van der Waals surface area contributed by atoms with Crippen LogP contribution in [0.3, 0.4) is 0 Å². The molecule has 3 N–H and O–H groups in total. The third kappa shape index (κ3) is 8.41. The van der Waals surface area contributed by atoms with E-state index in [1.807, 2.05) is 91.0 Å². The van der Waals surface area contributed by atoms with E-state index in [2.05, 4.69) is 5.32 Å². The summed E-state index contributed by atoms with van der Waals surface area (Å²) in [4.78, 5) is 37.3. The van der Waals surface area contributed by atoms with Gasteiger partial charge in [-0.05, 0) is 48.8 Å². The molecule has 0 aliphatic carbocycles. The topological polar surface area (TPSA) is 104 Å². The van der Waals surface area contributed by atoms with Gasteiger partial charge < -0.3 is 15.5 Å². The molecule has 2 unspecified atom stereocenters. The summed E-state index contributed by atoms with van der Waals surface area (Å²) in [6, 6.07) is 27.1. The predicted molar refractivity (Wildman–Crippen MR) is 134 cm³/mol. The summed E-state index contributed by atoms with van der Waals surface area (Å²) in [5.74, 6) is -3.97. The van der Waals surface area contributed by atoms with Gasteiger partial charge in [0.2, 0.25) is 5.91 Å². The number of rotatable bonds is 13. The lowest BCUT2D eigenvalue weighted by atomic mass is 9.85. The Kier molecular flexibility index (Phi) is 9.60. The van der Waals surface area contributed by atoms with Gasteiger partial charge in [-0.25, -0.2) is 4.79 Å². The highest BCUT2D eigenvalue weighted by molar-refractivity contribution is 5.85. The summed E-state index contributed by atoms with van der Waals surface area (Å²) in [6.07, 6.45) is 1.49. The minimum atomic E-state index is -1.10. The second-order valence-electron chi connectivity index (χ2n) is 8.77. The molecule has 0 aliphatic heterocycles. The number of hydrogen-bond donors (Lipinski definition) is 3. The highest BCUT2D eigenvalue weighted by atomic mass is 16.4. The summed E-state index contributed by atoms with van der Waals surface area (Å²) in [6.45, 7) is 0. The third-order valence-electron chi connectivity index (χ3n) is 6.12. The van der Waals surface area contributed by atoms with E-state index < -0.39 is 35.7 Å². The predicted octanol–water partition coefficient (Wildman–Crippen LogP) is 4.38. The van der Waals surface area contributed by atoms with Gasteiger partial charge >= 0.3 is 11.9 Å². The lowest BCUT2D eigenvalue weighted by Crippen LogP contribution is -2.45. The van der Waals surface area contributed by atoms with Gasteiger partial charge in [0, 0.05) is 5.92 Å². The van der Waals surface area contributed by atoms with Crippen LogP contribution in [0.2, 0.25) is 0 Å². The smallest absolute Gasteiger partial charge is 0.326 e. The summed E-state index contributed by atoms with van der Waals surface area (Å²) in [5.41, 5.74) is 2.76. The number of nitrogens with one attached hydrogen (secondary N) is 1. The molecule has 35 heavy (non-hydrogen) atoms. The van der Waals surface area contributed by atoms with Crippen molar-refractivity contribution in [1.82, 2.24) is 5.32 Å². The second kappa shape index (κ2) is 13.1. The number of amides is 1. The van der Waals surface area contributed by atoms with Crippen LogP contribution in [0.15, 0.2) is 91.0 Å². The highest BCUT2D eigenvalue weighted by Gasteiger charge is 2.30. The van der Waals surface area contributed by atoms with E-state index in [-0.39, 0.29) is 12.8 Å². The number of carboxylic acids is 2. The van der Waals surface area contributed by atoms with Gasteiger partial charge in [0.15, 0.2) is 0 Å². The van der Waals surface area contributed by atoms with Crippen molar-refractivity contribution in [2.24, 2.45) is 11.8 Å². The van der Waals surface area contributed by atoms with E-state index in [4.69, 9.17) is 0 Å². The van der Waals surface area contributed by atoms with E-state index in [1.54, 1.807) is 0 Å². The van der Waals surface area contributed by atoms with Gasteiger partial charge in [0.05, 0.1) is 5.92 Å². The van der Waals surface area contributed by atoms with Gasteiger partial charge in [0.1, 0.15) is 6.04 Å². The van der Waals surface area contributed by atoms with E-state index in [9.17, 15) is 24.6 Å². The van der Waals surface area contributed by atoms with Crippen molar-refractivity contribution < 1.29 is 24.6 Å². The van der Waals surface area contributed by atoms with Gasteiger partial charge in [-0.3, -0.25) is 9.59 Å². The Hall–Kier alpha value is -3.93. The molecule has 0 saturated heterocycles. The van der Waals surface area contributed by atoms with Crippen LogP contribution in [0.1, 0.15) is 29.5 Å². The van der Waals surface area contributed by atoms with Crippen LogP contribution in [0.25, 0.3) is 0 Å². The normalized spacial score (nSPS) is 13.4. The van der Waals surface area contributed by atoms with Crippen molar-refractivity contribution in [3.8, 4) is 0 Å². The average molecular weight is 474 g/mol.